The molecule has 3 aliphatic rings. The number of hydrogen-bond acceptors (Lipinski definition) is 3. The van der Waals surface area contributed by atoms with Crippen LogP contribution in [0.4, 0.5) is 0 Å². The molecule has 0 bridgehead atoms. The number of hydrogen-bond donors (Lipinski definition) is 1. The largest absolute Gasteiger partial charge is 0.376 e. The van der Waals surface area contributed by atoms with Gasteiger partial charge in [-0.15, -0.1) is 0 Å². The molecule has 0 radical (unpaired) electrons. The Hall–Kier alpha value is -1.10. The Morgan fingerprint density at radius 3 is 2.57 bits per heavy atom. The van der Waals surface area contributed by atoms with Gasteiger partial charge in [0.25, 0.3) is 0 Å². The lowest BCUT2D eigenvalue weighted by atomic mass is 9.86. The topological polar surface area (TPSA) is 58.6 Å². The number of nitrogens with one attached hydrogen (secondary N) is 1. The molecule has 0 aromatic rings. The standard InChI is InChI=1S/C16H26N2O3/c1-11(2)13-14(19)18(10-12-6-5-9-21-12)16(15(20)17-13)7-3-4-8-16/h11-13H,3-10H2,1-2H3,(H,17,20). The minimum Gasteiger partial charge on any atom is -0.376 e. The van der Waals surface area contributed by atoms with Gasteiger partial charge in [0.05, 0.1) is 6.10 Å². The smallest absolute Gasteiger partial charge is 0.246 e. The molecule has 2 unspecified atom stereocenters. The Balaban J connectivity index is 1.87. The second-order valence-electron chi connectivity index (χ2n) is 7.02. The summed E-state index contributed by atoms with van der Waals surface area (Å²) in [4.78, 5) is 27.5. The normalized spacial score (nSPS) is 32.2. The van der Waals surface area contributed by atoms with Crippen LogP contribution in [0.25, 0.3) is 0 Å². The Labute approximate surface area is 126 Å². The molecule has 2 aliphatic heterocycles. The summed E-state index contributed by atoms with van der Waals surface area (Å²) in [7, 11) is 0. The van der Waals surface area contributed by atoms with Crippen molar-refractivity contribution in [1.82, 2.24) is 10.2 Å². The number of carbonyl (C=O) groups is 2. The van der Waals surface area contributed by atoms with E-state index in [0.717, 1.165) is 45.1 Å². The van der Waals surface area contributed by atoms with Crippen molar-refractivity contribution in [2.24, 2.45) is 5.92 Å². The number of rotatable bonds is 3. The van der Waals surface area contributed by atoms with Gasteiger partial charge in [0, 0.05) is 13.2 Å². The van der Waals surface area contributed by atoms with Crippen molar-refractivity contribution in [2.45, 2.75) is 70.1 Å². The Morgan fingerprint density at radius 1 is 1.29 bits per heavy atom. The predicted octanol–water partition coefficient (Wildman–Crippen LogP) is 1.46. The SMILES string of the molecule is CC(C)C1NC(=O)C2(CCCC2)N(CC2CCCO2)C1=O. The van der Waals surface area contributed by atoms with E-state index in [9.17, 15) is 9.59 Å². The van der Waals surface area contributed by atoms with Crippen molar-refractivity contribution in [2.75, 3.05) is 13.2 Å². The Bertz CT molecular complexity index is 423. The van der Waals surface area contributed by atoms with E-state index in [1.54, 1.807) is 0 Å². The molecule has 1 aliphatic carbocycles. The summed E-state index contributed by atoms with van der Waals surface area (Å²) in [5, 5.41) is 2.98. The first-order chi connectivity index (χ1) is 10.0. The lowest BCUT2D eigenvalue weighted by molar-refractivity contribution is -0.160. The van der Waals surface area contributed by atoms with Gasteiger partial charge in [0.1, 0.15) is 11.6 Å². The number of piperazine rings is 1. The van der Waals surface area contributed by atoms with Crippen molar-refractivity contribution in [3.05, 3.63) is 0 Å². The summed E-state index contributed by atoms with van der Waals surface area (Å²) in [5.74, 6) is 0.255. The van der Waals surface area contributed by atoms with E-state index in [-0.39, 0.29) is 29.9 Å². The molecule has 3 rings (SSSR count). The quantitative estimate of drug-likeness (QED) is 0.857. The maximum atomic E-state index is 12.9. The van der Waals surface area contributed by atoms with E-state index in [2.05, 4.69) is 5.32 Å². The maximum absolute atomic E-state index is 12.9. The van der Waals surface area contributed by atoms with Crippen LogP contribution < -0.4 is 5.32 Å². The number of carbonyl (C=O) groups excluding carboxylic acids is 2. The second kappa shape index (κ2) is 5.59. The van der Waals surface area contributed by atoms with E-state index in [4.69, 9.17) is 4.74 Å². The van der Waals surface area contributed by atoms with Crippen LogP contribution in [0, 0.1) is 5.92 Å². The van der Waals surface area contributed by atoms with Gasteiger partial charge in [-0.2, -0.15) is 0 Å². The van der Waals surface area contributed by atoms with Gasteiger partial charge < -0.3 is 15.0 Å². The summed E-state index contributed by atoms with van der Waals surface area (Å²) in [6.07, 6.45) is 5.78. The highest BCUT2D eigenvalue weighted by Crippen LogP contribution is 2.39. The maximum Gasteiger partial charge on any atom is 0.246 e. The van der Waals surface area contributed by atoms with Crippen molar-refractivity contribution < 1.29 is 14.3 Å². The molecule has 1 spiro atoms. The first-order valence-corrected chi connectivity index (χ1v) is 8.29. The molecule has 5 heteroatoms. The summed E-state index contributed by atoms with van der Waals surface area (Å²) in [6.45, 7) is 5.33. The van der Waals surface area contributed by atoms with Gasteiger partial charge in [-0.05, 0) is 31.6 Å². The van der Waals surface area contributed by atoms with E-state index < -0.39 is 5.54 Å². The molecule has 2 atom stereocenters. The molecule has 1 saturated carbocycles. The molecule has 118 valence electrons. The molecular formula is C16H26N2O3. The first-order valence-electron chi connectivity index (χ1n) is 8.29. The highest BCUT2D eigenvalue weighted by atomic mass is 16.5. The van der Waals surface area contributed by atoms with Crippen LogP contribution in [0.1, 0.15) is 52.4 Å². The second-order valence-corrected chi connectivity index (χ2v) is 7.02. The molecule has 0 aromatic carbocycles. The highest BCUT2D eigenvalue weighted by molar-refractivity contribution is 6.00. The van der Waals surface area contributed by atoms with Gasteiger partial charge >= 0.3 is 0 Å². The molecule has 3 fully saturated rings. The van der Waals surface area contributed by atoms with E-state index in [0.29, 0.717) is 6.54 Å². The van der Waals surface area contributed by atoms with Gasteiger partial charge in [-0.3, -0.25) is 9.59 Å². The zero-order valence-corrected chi connectivity index (χ0v) is 13.1. The lowest BCUT2D eigenvalue weighted by Crippen LogP contribution is -2.71. The summed E-state index contributed by atoms with van der Waals surface area (Å²) < 4.78 is 5.71. The molecule has 2 amide bonds. The molecule has 21 heavy (non-hydrogen) atoms. The summed E-state index contributed by atoms with van der Waals surface area (Å²) >= 11 is 0. The Morgan fingerprint density at radius 2 is 2.00 bits per heavy atom. The third-order valence-electron chi connectivity index (χ3n) is 5.27. The minimum absolute atomic E-state index is 0.0521. The number of ether oxygens (including phenoxy) is 1. The van der Waals surface area contributed by atoms with Crippen molar-refractivity contribution in [3.8, 4) is 0 Å². The lowest BCUT2D eigenvalue weighted by Gasteiger charge is -2.48. The third-order valence-corrected chi connectivity index (χ3v) is 5.27. The third kappa shape index (κ3) is 2.45. The average molecular weight is 294 g/mol. The van der Waals surface area contributed by atoms with Crippen LogP contribution in [-0.4, -0.2) is 47.6 Å². The van der Waals surface area contributed by atoms with Crippen molar-refractivity contribution >= 4 is 11.8 Å². The highest BCUT2D eigenvalue weighted by Gasteiger charge is 2.54. The van der Waals surface area contributed by atoms with Crippen LogP contribution in [0.5, 0.6) is 0 Å². The monoisotopic (exact) mass is 294 g/mol. The molecule has 5 nitrogen and oxygen atoms in total. The predicted molar refractivity (Wildman–Crippen MR) is 78.7 cm³/mol. The molecule has 2 heterocycles. The summed E-state index contributed by atoms with van der Waals surface area (Å²) in [6, 6.07) is -0.384. The average Bonchev–Trinajstić information content (AvgIpc) is 3.10. The van der Waals surface area contributed by atoms with Gasteiger partial charge in [-0.25, -0.2) is 0 Å². The zero-order chi connectivity index (χ0) is 15.0. The van der Waals surface area contributed by atoms with Crippen molar-refractivity contribution in [1.29, 1.82) is 0 Å². The molecule has 2 saturated heterocycles. The van der Waals surface area contributed by atoms with Crippen LogP contribution >= 0.6 is 0 Å². The van der Waals surface area contributed by atoms with Crippen molar-refractivity contribution in [3.63, 3.8) is 0 Å². The Kier molecular flexibility index (Phi) is 3.95. The van der Waals surface area contributed by atoms with Gasteiger partial charge in [0.15, 0.2) is 0 Å². The zero-order valence-electron chi connectivity index (χ0n) is 13.1. The van der Waals surface area contributed by atoms with Crippen LogP contribution in [0.15, 0.2) is 0 Å². The fraction of sp³-hybridized carbons (Fsp3) is 0.875. The van der Waals surface area contributed by atoms with Gasteiger partial charge in [0.2, 0.25) is 11.8 Å². The fourth-order valence-corrected chi connectivity index (χ4v) is 4.00. The fourth-order valence-electron chi connectivity index (χ4n) is 4.00. The van der Waals surface area contributed by atoms with E-state index in [1.165, 1.54) is 0 Å². The number of amides is 2. The van der Waals surface area contributed by atoms with Gasteiger partial charge in [-0.1, -0.05) is 26.7 Å². The summed E-state index contributed by atoms with van der Waals surface area (Å²) in [5.41, 5.74) is -0.603. The molecular weight excluding hydrogens is 268 g/mol. The molecule has 0 aromatic heterocycles. The van der Waals surface area contributed by atoms with Crippen LogP contribution in [0.3, 0.4) is 0 Å². The minimum atomic E-state index is -0.603. The first kappa shape index (κ1) is 14.8. The van der Waals surface area contributed by atoms with E-state index in [1.807, 2.05) is 18.7 Å². The van der Waals surface area contributed by atoms with Crippen LogP contribution in [-0.2, 0) is 14.3 Å². The number of nitrogens with zero attached hydrogens (tertiary/aromatic N) is 1. The van der Waals surface area contributed by atoms with Crippen LogP contribution in [0.2, 0.25) is 0 Å². The van der Waals surface area contributed by atoms with E-state index >= 15 is 0 Å². The molecule has 1 N–H and O–H groups in total.